The molecule has 19 heavy (non-hydrogen) atoms. The van der Waals surface area contributed by atoms with Gasteiger partial charge in [0.25, 0.3) is 0 Å². The Morgan fingerprint density at radius 2 is 1.79 bits per heavy atom. The van der Waals surface area contributed by atoms with Crippen LogP contribution < -0.4 is 16.0 Å². The van der Waals surface area contributed by atoms with Gasteiger partial charge in [-0.1, -0.05) is 12.8 Å². The minimum Gasteiger partial charge on any atom is -0.481 e. The molecule has 0 saturated carbocycles. The molecule has 0 aromatic rings. The molecule has 0 bridgehead atoms. The first-order valence-corrected chi connectivity index (χ1v) is 7.15. The largest absolute Gasteiger partial charge is 0.481 e. The molecule has 1 aliphatic rings. The van der Waals surface area contributed by atoms with E-state index in [-0.39, 0.29) is 18.5 Å². The Labute approximate surface area is 114 Å². The number of carboxylic acids is 1. The van der Waals surface area contributed by atoms with Gasteiger partial charge in [0.15, 0.2) is 0 Å². The topological polar surface area (TPSA) is 90.5 Å². The zero-order valence-corrected chi connectivity index (χ0v) is 11.4. The Kier molecular flexibility index (Phi) is 7.97. The van der Waals surface area contributed by atoms with Crippen molar-refractivity contribution in [1.29, 1.82) is 0 Å². The van der Waals surface area contributed by atoms with Crippen molar-refractivity contribution in [3.8, 4) is 0 Å². The summed E-state index contributed by atoms with van der Waals surface area (Å²) in [5.41, 5.74) is 0. The van der Waals surface area contributed by atoms with Gasteiger partial charge >= 0.3 is 12.0 Å². The second kappa shape index (κ2) is 9.61. The molecule has 110 valence electrons. The van der Waals surface area contributed by atoms with Gasteiger partial charge in [0.2, 0.25) is 0 Å². The van der Waals surface area contributed by atoms with E-state index in [9.17, 15) is 9.59 Å². The molecule has 1 aliphatic heterocycles. The molecule has 0 radical (unpaired) electrons. The number of unbranched alkanes of at least 4 members (excludes halogenated alkanes) is 3. The van der Waals surface area contributed by atoms with Gasteiger partial charge in [-0.15, -0.1) is 0 Å². The van der Waals surface area contributed by atoms with Gasteiger partial charge in [-0.25, -0.2) is 4.79 Å². The maximum Gasteiger partial charge on any atom is 0.315 e. The van der Waals surface area contributed by atoms with E-state index in [4.69, 9.17) is 5.11 Å². The van der Waals surface area contributed by atoms with Crippen molar-refractivity contribution in [3.63, 3.8) is 0 Å². The molecule has 6 heteroatoms. The standard InChI is InChI=1S/C13H25N3O3/c17-12(18)5-3-1-2-4-8-15-13(19)16-11-6-9-14-10-7-11/h11,14H,1-10H2,(H,17,18)(H2,15,16,19). The highest BCUT2D eigenvalue weighted by Crippen LogP contribution is 2.03. The summed E-state index contributed by atoms with van der Waals surface area (Å²) in [6.07, 6.45) is 5.70. The van der Waals surface area contributed by atoms with Gasteiger partial charge in [0.1, 0.15) is 0 Å². The average Bonchev–Trinajstić information content (AvgIpc) is 2.38. The number of nitrogens with one attached hydrogen (secondary N) is 3. The Bertz CT molecular complexity index is 278. The van der Waals surface area contributed by atoms with E-state index in [1.54, 1.807) is 0 Å². The van der Waals surface area contributed by atoms with Crippen LogP contribution in [0.15, 0.2) is 0 Å². The molecule has 0 spiro atoms. The quantitative estimate of drug-likeness (QED) is 0.497. The average molecular weight is 271 g/mol. The number of amides is 2. The zero-order chi connectivity index (χ0) is 13.9. The number of hydrogen-bond acceptors (Lipinski definition) is 3. The highest BCUT2D eigenvalue weighted by Gasteiger charge is 2.14. The van der Waals surface area contributed by atoms with Crippen molar-refractivity contribution < 1.29 is 14.7 Å². The highest BCUT2D eigenvalue weighted by molar-refractivity contribution is 5.74. The molecule has 6 nitrogen and oxygen atoms in total. The predicted molar refractivity (Wildman–Crippen MR) is 73.1 cm³/mol. The zero-order valence-electron chi connectivity index (χ0n) is 11.4. The fourth-order valence-corrected chi connectivity index (χ4v) is 2.16. The summed E-state index contributed by atoms with van der Waals surface area (Å²) in [5.74, 6) is -0.737. The van der Waals surface area contributed by atoms with Crippen LogP contribution in [0, 0.1) is 0 Å². The lowest BCUT2D eigenvalue weighted by atomic mass is 10.1. The lowest BCUT2D eigenvalue weighted by Crippen LogP contribution is -2.46. The number of carbonyl (C=O) groups excluding carboxylic acids is 1. The molecule has 1 fully saturated rings. The van der Waals surface area contributed by atoms with Crippen LogP contribution in [0.2, 0.25) is 0 Å². The molecule has 1 rings (SSSR count). The second-order valence-electron chi connectivity index (χ2n) is 4.98. The van der Waals surface area contributed by atoms with E-state index >= 15 is 0 Å². The molecule has 0 aliphatic carbocycles. The summed E-state index contributed by atoms with van der Waals surface area (Å²) >= 11 is 0. The molecule has 1 heterocycles. The molecular weight excluding hydrogens is 246 g/mol. The summed E-state index contributed by atoms with van der Waals surface area (Å²) in [7, 11) is 0. The van der Waals surface area contributed by atoms with Crippen LogP contribution >= 0.6 is 0 Å². The molecule has 4 N–H and O–H groups in total. The predicted octanol–water partition coefficient (Wildman–Crippen LogP) is 1.07. The number of aliphatic carboxylic acids is 1. The molecule has 0 atom stereocenters. The minimum atomic E-state index is -0.737. The van der Waals surface area contributed by atoms with Crippen molar-refractivity contribution in [2.24, 2.45) is 0 Å². The van der Waals surface area contributed by atoms with Gasteiger partial charge in [-0.3, -0.25) is 4.79 Å². The van der Waals surface area contributed by atoms with Crippen molar-refractivity contribution in [2.75, 3.05) is 19.6 Å². The first-order valence-electron chi connectivity index (χ1n) is 7.15. The number of carbonyl (C=O) groups is 2. The van der Waals surface area contributed by atoms with Gasteiger partial charge in [-0.05, 0) is 38.8 Å². The summed E-state index contributed by atoms with van der Waals surface area (Å²) in [4.78, 5) is 21.9. The molecule has 0 aromatic heterocycles. The number of carboxylic acid groups (broad SMARTS) is 1. The van der Waals surface area contributed by atoms with Crippen molar-refractivity contribution in [1.82, 2.24) is 16.0 Å². The fourth-order valence-electron chi connectivity index (χ4n) is 2.16. The maximum atomic E-state index is 11.6. The van der Waals surface area contributed by atoms with E-state index in [0.717, 1.165) is 51.6 Å². The number of rotatable bonds is 8. The van der Waals surface area contributed by atoms with E-state index in [0.29, 0.717) is 6.54 Å². The third kappa shape index (κ3) is 8.42. The third-order valence-corrected chi connectivity index (χ3v) is 3.28. The van der Waals surface area contributed by atoms with Crippen LogP contribution in [-0.2, 0) is 4.79 Å². The van der Waals surface area contributed by atoms with E-state index < -0.39 is 5.97 Å². The number of piperidine rings is 1. The first kappa shape index (κ1) is 15.8. The van der Waals surface area contributed by atoms with E-state index in [1.165, 1.54) is 0 Å². The minimum absolute atomic E-state index is 0.0857. The fraction of sp³-hybridized carbons (Fsp3) is 0.846. The summed E-state index contributed by atoms with van der Waals surface area (Å²) in [6.45, 7) is 2.59. The first-order chi connectivity index (χ1) is 9.18. The van der Waals surface area contributed by atoms with Crippen LogP contribution in [-0.4, -0.2) is 42.8 Å². The molecule has 0 aromatic carbocycles. The number of hydrogen-bond donors (Lipinski definition) is 4. The summed E-state index contributed by atoms with van der Waals surface area (Å²) in [5, 5.41) is 17.5. The highest BCUT2D eigenvalue weighted by atomic mass is 16.4. The Morgan fingerprint density at radius 3 is 2.47 bits per heavy atom. The summed E-state index contributed by atoms with van der Waals surface area (Å²) in [6, 6.07) is 0.203. The second-order valence-corrected chi connectivity index (χ2v) is 4.98. The van der Waals surface area contributed by atoms with Crippen LogP contribution in [0.25, 0.3) is 0 Å². The van der Waals surface area contributed by atoms with Crippen LogP contribution in [0.1, 0.15) is 44.9 Å². The number of urea groups is 1. The summed E-state index contributed by atoms with van der Waals surface area (Å²) < 4.78 is 0. The lowest BCUT2D eigenvalue weighted by molar-refractivity contribution is -0.137. The van der Waals surface area contributed by atoms with Gasteiger partial charge in [0.05, 0.1) is 0 Å². The van der Waals surface area contributed by atoms with E-state index in [1.807, 2.05) is 0 Å². The molecule has 1 saturated heterocycles. The maximum absolute atomic E-state index is 11.6. The Hall–Kier alpha value is -1.30. The van der Waals surface area contributed by atoms with Crippen molar-refractivity contribution >= 4 is 12.0 Å². The van der Waals surface area contributed by atoms with Gasteiger partial charge in [-0.2, -0.15) is 0 Å². The molecule has 0 unspecified atom stereocenters. The smallest absolute Gasteiger partial charge is 0.315 e. The molecule has 2 amide bonds. The third-order valence-electron chi connectivity index (χ3n) is 3.28. The Balaban J connectivity index is 1.90. The van der Waals surface area contributed by atoms with Gasteiger partial charge in [0, 0.05) is 19.0 Å². The Morgan fingerprint density at radius 1 is 1.11 bits per heavy atom. The van der Waals surface area contributed by atoms with Crippen LogP contribution in [0.5, 0.6) is 0 Å². The van der Waals surface area contributed by atoms with Crippen molar-refractivity contribution in [3.05, 3.63) is 0 Å². The van der Waals surface area contributed by atoms with Crippen LogP contribution in [0.4, 0.5) is 4.79 Å². The molecular formula is C13H25N3O3. The van der Waals surface area contributed by atoms with Crippen molar-refractivity contribution in [2.45, 2.75) is 51.0 Å². The van der Waals surface area contributed by atoms with E-state index in [2.05, 4.69) is 16.0 Å². The van der Waals surface area contributed by atoms with Gasteiger partial charge < -0.3 is 21.1 Å². The SMILES string of the molecule is O=C(O)CCCCCCNC(=O)NC1CCNCC1. The monoisotopic (exact) mass is 271 g/mol. The lowest BCUT2D eigenvalue weighted by Gasteiger charge is -2.23. The van der Waals surface area contributed by atoms with Crippen LogP contribution in [0.3, 0.4) is 0 Å². The normalized spacial score (nSPS) is 16.0.